The smallest absolute Gasteiger partial charge is 0.270 e. The molecule has 0 spiro atoms. The molecule has 1 aromatic carbocycles. The van der Waals surface area contributed by atoms with Crippen LogP contribution in [-0.4, -0.2) is 45.3 Å². The van der Waals surface area contributed by atoms with Gasteiger partial charge in [-0.25, -0.2) is 9.50 Å². The van der Waals surface area contributed by atoms with Gasteiger partial charge in [-0.2, -0.15) is 5.10 Å². The van der Waals surface area contributed by atoms with Crippen molar-refractivity contribution >= 4 is 23.2 Å². The summed E-state index contributed by atoms with van der Waals surface area (Å²) in [4.78, 5) is 41.9. The molecule has 2 N–H and O–H groups in total. The summed E-state index contributed by atoms with van der Waals surface area (Å²) in [6.45, 7) is 0.980. The third kappa shape index (κ3) is 4.78. The first kappa shape index (κ1) is 22.1. The second kappa shape index (κ2) is 9.62. The number of nitrogens with one attached hydrogen (secondary N) is 2. The van der Waals surface area contributed by atoms with Gasteiger partial charge in [0.05, 0.1) is 6.20 Å². The van der Waals surface area contributed by atoms with Crippen LogP contribution in [0, 0.1) is 5.92 Å². The van der Waals surface area contributed by atoms with Gasteiger partial charge in [0, 0.05) is 37.2 Å². The Kier molecular flexibility index (Phi) is 6.24. The summed E-state index contributed by atoms with van der Waals surface area (Å²) in [5, 5.41) is 10.1. The fourth-order valence-corrected chi connectivity index (χ4v) is 4.63. The molecule has 0 saturated heterocycles. The van der Waals surface area contributed by atoms with E-state index >= 15 is 0 Å². The van der Waals surface area contributed by atoms with E-state index in [1.54, 1.807) is 12.3 Å². The van der Waals surface area contributed by atoms with Crippen LogP contribution in [0.4, 0.5) is 0 Å². The molecule has 2 aromatic heterocycles. The zero-order valence-electron chi connectivity index (χ0n) is 18.9. The lowest BCUT2D eigenvalue weighted by Gasteiger charge is -2.21. The van der Waals surface area contributed by atoms with Crippen LogP contribution in [0.5, 0.6) is 5.75 Å². The molecule has 0 unspecified atom stereocenters. The minimum absolute atomic E-state index is 0.0290. The van der Waals surface area contributed by atoms with Gasteiger partial charge in [-0.05, 0) is 36.5 Å². The van der Waals surface area contributed by atoms with Crippen LogP contribution >= 0.6 is 0 Å². The third-order valence-corrected chi connectivity index (χ3v) is 6.45. The summed E-state index contributed by atoms with van der Waals surface area (Å²) < 4.78 is 6.87. The zero-order valence-corrected chi connectivity index (χ0v) is 18.9. The van der Waals surface area contributed by atoms with Crippen molar-refractivity contribution in [2.24, 2.45) is 5.92 Å². The van der Waals surface area contributed by atoms with Crippen LogP contribution in [0.1, 0.15) is 64.2 Å². The molecule has 1 aliphatic heterocycles. The van der Waals surface area contributed by atoms with Crippen LogP contribution in [0.15, 0.2) is 36.5 Å². The molecule has 2 amide bonds. The number of Topliss-reactive ketones (excluding diaryl/α,β-unsaturated/α-hetero) is 1. The minimum Gasteiger partial charge on any atom is -0.486 e. The Morgan fingerprint density at radius 2 is 1.91 bits per heavy atom. The number of hydrogen-bond donors (Lipinski definition) is 2. The number of amides is 2. The molecule has 1 saturated carbocycles. The van der Waals surface area contributed by atoms with Crippen molar-refractivity contribution in [1.82, 2.24) is 25.2 Å². The van der Waals surface area contributed by atoms with E-state index in [2.05, 4.69) is 20.7 Å². The SMILES string of the molecule is O=C1COc2ccc(CNC(=O)c3cc(C(=O)NCC4CCCCC4)n4nccc4n3)cc2C1. The summed E-state index contributed by atoms with van der Waals surface area (Å²) in [6.07, 6.45) is 7.82. The summed E-state index contributed by atoms with van der Waals surface area (Å²) in [7, 11) is 0. The van der Waals surface area contributed by atoms with Gasteiger partial charge < -0.3 is 15.4 Å². The number of benzene rings is 1. The highest BCUT2D eigenvalue weighted by Crippen LogP contribution is 2.25. The highest BCUT2D eigenvalue weighted by atomic mass is 16.5. The van der Waals surface area contributed by atoms with Crippen LogP contribution in [0.3, 0.4) is 0 Å². The van der Waals surface area contributed by atoms with Crippen molar-refractivity contribution < 1.29 is 19.1 Å². The van der Waals surface area contributed by atoms with Gasteiger partial charge in [-0.1, -0.05) is 25.3 Å². The Labute approximate surface area is 196 Å². The number of hydrogen-bond acceptors (Lipinski definition) is 6. The lowest BCUT2D eigenvalue weighted by Crippen LogP contribution is -2.32. The maximum atomic E-state index is 12.9. The lowest BCUT2D eigenvalue weighted by molar-refractivity contribution is -0.121. The predicted molar refractivity (Wildman–Crippen MR) is 124 cm³/mol. The third-order valence-electron chi connectivity index (χ3n) is 6.45. The Balaban J connectivity index is 1.28. The van der Waals surface area contributed by atoms with Crippen LogP contribution in [0.25, 0.3) is 5.65 Å². The quantitative estimate of drug-likeness (QED) is 0.583. The Morgan fingerprint density at radius 1 is 1.06 bits per heavy atom. The van der Waals surface area contributed by atoms with Gasteiger partial charge in [0.25, 0.3) is 11.8 Å². The number of aromatic nitrogens is 3. The number of fused-ring (bicyclic) bond motifs is 2. The first-order valence-corrected chi connectivity index (χ1v) is 11.7. The molecule has 34 heavy (non-hydrogen) atoms. The number of ketones is 1. The number of carbonyl (C=O) groups is 3. The van der Waals surface area contributed by atoms with Crippen molar-refractivity contribution in [3.05, 3.63) is 59.0 Å². The summed E-state index contributed by atoms with van der Waals surface area (Å²) in [5.41, 5.74) is 2.52. The van der Waals surface area contributed by atoms with Gasteiger partial charge in [-0.15, -0.1) is 0 Å². The fraction of sp³-hybridized carbons (Fsp3) is 0.400. The minimum atomic E-state index is -0.393. The van der Waals surface area contributed by atoms with Gasteiger partial charge in [0.15, 0.2) is 11.4 Å². The number of ether oxygens (including phenoxy) is 1. The standard InChI is InChI=1S/C25H27N5O4/c31-19-11-18-10-17(6-7-22(18)34-15-19)14-26-24(32)20-12-21(30-23(29-20)8-9-28-30)25(33)27-13-16-4-2-1-3-5-16/h6-10,12,16H,1-5,11,13-15H2,(H,26,32)(H,27,33). The van der Waals surface area contributed by atoms with E-state index in [0.717, 1.165) is 24.0 Å². The topological polar surface area (TPSA) is 115 Å². The second-order valence-corrected chi connectivity index (χ2v) is 8.97. The van der Waals surface area contributed by atoms with Crippen molar-refractivity contribution in [3.63, 3.8) is 0 Å². The average Bonchev–Trinajstić information content (AvgIpc) is 3.34. The molecule has 176 valence electrons. The van der Waals surface area contributed by atoms with E-state index < -0.39 is 5.91 Å². The monoisotopic (exact) mass is 461 g/mol. The maximum absolute atomic E-state index is 12.9. The van der Waals surface area contributed by atoms with E-state index in [0.29, 0.717) is 30.3 Å². The largest absolute Gasteiger partial charge is 0.486 e. The molecule has 9 nitrogen and oxygen atoms in total. The first-order valence-electron chi connectivity index (χ1n) is 11.7. The number of carbonyl (C=O) groups excluding carboxylic acids is 3. The van der Waals surface area contributed by atoms with E-state index in [1.165, 1.54) is 29.8 Å². The number of nitrogens with zero attached hydrogens (tertiary/aromatic N) is 3. The molecule has 3 heterocycles. The highest BCUT2D eigenvalue weighted by molar-refractivity contribution is 5.98. The molecular weight excluding hydrogens is 434 g/mol. The molecule has 3 aromatic rings. The zero-order chi connectivity index (χ0) is 23.5. The van der Waals surface area contributed by atoms with Crippen LogP contribution in [0.2, 0.25) is 0 Å². The van der Waals surface area contributed by atoms with Gasteiger partial charge in [0.2, 0.25) is 0 Å². The molecule has 2 aliphatic rings. The Morgan fingerprint density at radius 3 is 2.76 bits per heavy atom. The van der Waals surface area contributed by atoms with Crippen molar-refractivity contribution in [1.29, 1.82) is 0 Å². The summed E-state index contributed by atoms with van der Waals surface area (Å²) >= 11 is 0. The molecular formula is C25H27N5O4. The summed E-state index contributed by atoms with van der Waals surface area (Å²) in [5.74, 6) is 0.561. The number of rotatable bonds is 6. The summed E-state index contributed by atoms with van der Waals surface area (Å²) in [6, 6.07) is 8.67. The molecule has 1 aliphatic carbocycles. The molecule has 0 atom stereocenters. The maximum Gasteiger partial charge on any atom is 0.270 e. The van der Waals surface area contributed by atoms with Gasteiger partial charge in [0.1, 0.15) is 23.7 Å². The van der Waals surface area contributed by atoms with Crippen molar-refractivity contribution in [2.75, 3.05) is 13.2 Å². The molecule has 5 rings (SSSR count). The Hall–Kier alpha value is -3.75. The van der Waals surface area contributed by atoms with E-state index in [9.17, 15) is 14.4 Å². The van der Waals surface area contributed by atoms with E-state index in [1.807, 2.05) is 18.2 Å². The lowest BCUT2D eigenvalue weighted by atomic mass is 9.89. The average molecular weight is 462 g/mol. The van der Waals surface area contributed by atoms with Crippen LogP contribution < -0.4 is 15.4 Å². The normalized spacial score (nSPS) is 16.1. The van der Waals surface area contributed by atoms with Gasteiger partial charge >= 0.3 is 0 Å². The fourth-order valence-electron chi connectivity index (χ4n) is 4.63. The van der Waals surface area contributed by atoms with Gasteiger partial charge in [-0.3, -0.25) is 14.4 Å². The van der Waals surface area contributed by atoms with E-state index in [4.69, 9.17) is 4.74 Å². The first-order chi connectivity index (χ1) is 16.6. The molecule has 0 radical (unpaired) electrons. The van der Waals surface area contributed by atoms with Crippen molar-refractivity contribution in [2.45, 2.75) is 45.1 Å². The predicted octanol–water partition coefficient (Wildman–Crippen LogP) is 2.47. The van der Waals surface area contributed by atoms with Crippen molar-refractivity contribution in [3.8, 4) is 5.75 Å². The van der Waals surface area contributed by atoms with E-state index in [-0.39, 0.29) is 36.2 Å². The molecule has 1 fully saturated rings. The van der Waals surface area contributed by atoms with Crippen LogP contribution in [-0.2, 0) is 17.8 Å². The molecule has 0 bridgehead atoms. The second-order valence-electron chi connectivity index (χ2n) is 8.97. The molecule has 9 heteroatoms. The Bertz CT molecular complexity index is 1250. The highest BCUT2D eigenvalue weighted by Gasteiger charge is 2.20.